The molecule has 0 spiro atoms. The number of hydrogen-bond acceptors (Lipinski definition) is 5. The number of nitrogens with one attached hydrogen (secondary N) is 1. The van der Waals surface area contributed by atoms with Crippen LogP contribution < -0.4 is 20.6 Å². The van der Waals surface area contributed by atoms with Crippen LogP contribution in [0.3, 0.4) is 0 Å². The van der Waals surface area contributed by atoms with Gasteiger partial charge in [-0.3, -0.25) is 5.43 Å². The summed E-state index contributed by atoms with van der Waals surface area (Å²) in [4.78, 5) is 12.1. The standard InChI is InChI=1S/C16H15N3O3S/c1-21-14-9-11(10-18-19-16(17)23)7-8-13(14)22-15(20)12-5-3-2-4-6-12/h2-10H,1H3,(H3,17,19,23). The minimum atomic E-state index is -0.458. The van der Waals surface area contributed by atoms with Gasteiger partial charge in [-0.05, 0) is 48.1 Å². The summed E-state index contributed by atoms with van der Waals surface area (Å²) in [6.45, 7) is 0. The van der Waals surface area contributed by atoms with Crippen LogP contribution in [0, 0.1) is 0 Å². The maximum Gasteiger partial charge on any atom is 0.343 e. The lowest BCUT2D eigenvalue weighted by Gasteiger charge is -2.09. The molecule has 2 aromatic rings. The summed E-state index contributed by atoms with van der Waals surface area (Å²) in [5.74, 6) is 0.273. The van der Waals surface area contributed by atoms with Crippen LogP contribution in [0.15, 0.2) is 53.6 Å². The average Bonchev–Trinajstić information content (AvgIpc) is 2.56. The second-order valence-corrected chi connectivity index (χ2v) is 4.84. The lowest BCUT2D eigenvalue weighted by atomic mass is 10.2. The zero-order chi connectivity index (χ0) is 16.7. The van der Waals surface area contributed by atoms with Crippen LogP contribution >= 0.6 is 12.2 Å². The number of nitrogens with zero attached hydrogens (tertiary/aromatic N) is 1. The molecule has 0 atom stereocenters. The Bertz CT molecular complexity index is 733. The number of benzene rings is 2. The summed E-state index contributed by atoms with van der Waals surface area (Å²) in [7, 11) is 1.49. The monoisotopic (exact) mass is 329 g/mol. The summed E-state index contributed by atoms with van der Waals surface area (Å²) in [6.07, 6.45) is 1.52. The first-order valence-corrected chi connectivity index (χ1v) is 7.04. The molecule has 0 aliphatic heterocycles. The van der Waals surface area contributed by atoms with Crippen molar-refractivity contribution in [2.45, 2.75) is 0 Å². The Balaban J connectivity index is 2.15. The molecule has 2 aromatic carbocycles. The van der Waals surface area contributed by atoms with Crippen molar-refractivity contribution >= 4 is 29.5 Å². The van der Waals surface area contributed by atoms with E-state index in [1.807, 2.05) is 6.07 Å². The predicted octanol–water partition coefficient (Wildman–Crippen LogP) is 2.08. The average molecular weight is 329 g/mol. The van der Waals surface area contributed by atoms with Crippen molar-refractivity contribution in [2.75, 3.05) is 7.11 Å². The van der Waals surface area contributed by atoms with Crippen molar-refractivity contribution in [3.63, 3.8) is 0 Å². The van der Waals surface area contributed by atoms with Crippen molar-refractivity contribution in [1.29, 1.82) is 0 Å². The van der Waals surface area contributed by atoms with Gasteiger partial charge in [0.25, 0.3) is 0 Å². The molecule has 118 valence electrons. The van der Waals surface area contributed by atoms with E-state index in [0.29, 0.717) is 17.1 Å². The predicted molar refractivity (Wildman–Crippen MR) is 91.9 cm³/mol. The fraction of sp³-hybridized carbons (Fsp3) is 0.0625. The van der Waals surface area contributed by atoms with Crippen molar-refractivity contribution in [2.24, 2.45) is 10.8 Å². The van der Waals surface area contributed by atoms with E-state index in [2.05, 4.69) is 22.7 Å². The molecular weight excluding hydrogens is 314 g/mol. The largest absolute Gasteiger partial charge is 0.493 e. The van der Waals surface area contributed by atoms with Gasteiger partial charge >= 0.3 is 5.97 Å². The molecule has 0 saturated heterocycles. The first-order chi connectivity index (χ1) is 11.1. The first kappa shape index (κ1) is 16.4. The highest BCUT2D eigenvalue weighted by molar-refractivity contribution is 7.80. The first-order valence-electron chi connectivity index (χ1n) is 6.64. The number of ether oxygens (including phenoxy) is 2. The van der Waals surface area contributed by atoms with E-state index in [1.165, 1.54) is 13.3 Å². The third kappa shape index (κ3) is 4.79. The number of nitrogens with two attached hydrogens (primary N) is 1. The Kier molecular flexibility index (Phi) is 5.65. The number of carbonyl (C=O) groups is 1. The second-order valence-electron chi connectivity index (χ2n) is 4.40. The van der Waals surface area contributed by atoms with E-state index < -0.39 is 5.97 Å². The van der Waals surface area contributed by atoms with E-state index >= 15 is 0 Å². The Morgan fingerprint density at radius 3 is 2.61 bits per heavy atom. The van der Waals surface area contributed by atoms with E-state index in [4.69, 9.17) is 15.2 Å². The van der Waals surface area contributed by atoms with Gasteiger partial charge in [0.15, 0.2) is 16.6 Å². The van der Waals surface area contributed by atoms with Gasteiger partial charge in [0.1, 0.15) is 0 Å². The van der Waals surface area contributed by atoms with Gasteiger partial charge in [-0.15, -0.1) is 0 Å². The van der Waals surface area contributed by atoms with Gasteiger partial charge in [0.05, 0.1) is 18.9 Å². The lowest BCUT2D eigenvalue weighted by molar-refractivity contribution is 0.0729. The van der Waals surface area contributed by atoms with Crippen molar-refractivity contribution in [1.82, 2.24) is 5.43 Å². The van der Waals surface area contributed by atoms with Crippen LogP contribution in [0.2, 0.25) is 0 Å². The quantitative estimate of drug-likeness (QED) is 0.287. The Labute approximate surface area is 138 Å². The molecule has 6 nitrogen and oxygen atoms in total. The van der Waals surface area contributed by atoms with Crippen LogP contribution in [0.5, 0.6) is 11.5 Å². The molecule has 0 bridgehead atoms. The highest BCUT2D eigenvalue weighted by atomic mass is 32.1. The highest BCUT2D eigenvalue weighted by Crippen LogP contribution is 2.28. The van der Waals surface area contributed by atoms with Gasteiger partial charge in [-0.2, -0.15) is 5.10 Å². The van der Waals surface area contributed by atoms with Gasteiger partial charge in [0, 0.05) is 0 Å². The number of esters is 1. The molecule has 0 radical (unpaired) electrons. The molecule has 2 rings (SSSR count). The van der Waals surface area contributed by atoms with Gasteiger partial charge < -0.3 is 15.2 Å². The second kappa shape index (κ2) is 7.90. The van der Waals surface area contributed by atoms with Crippen molar-refractivity contribution in [3.05, 3.63) is 59.7 Å². The Morgan fingerprint density at radius 2 is 1.96 bits per heavy atom. The number of rotatable bonds is 5. The molecule has 23 heavy (non-hydrogen) atoms. The molecule has 0 saturated carbocycles. The fourth-order valence-electron chi connectivity index (χ4n) is 1.75. The van der Waals surface area contributed by atoms with Gasteiger partial charge in [-0.25, -0.2) is 4.79 Å². The number of methoxy groups -OCH3 is 1. The van der Waals surface area contributed by atoms with Crippen LogP contribution in [0.4, 0.5) is 0 Å². The zero-order valence-corrected chi connectivity index (χ0v) is 13.2. The number of thiocarbonyl (C=S) groups is 1. The van der Waals surface area contributed by atoms with Crippen LogP contribution in [-0.2, 0) is 0 Å². The summed E-state index contributed by atoms with van der Waals surface area (Å²) >= 11 is 4.64. The van der Waals surface area contributed by atoms with Crippen LogP contribution in [0.1, 0.15) is 15.9 Å². The van der Waals surface area contributed by atoms with E-state index in [0.717, 1.165) is 5.56 Å². The molecule has 0 aliphatic carbocycles. The highest BCUT2D eigenvalue weighted by Gasteiger charge is 2.12. The molecule has 0 unspecified atom stereocenters. The van der Waals surface area contributed by atoms with Gasteiger partial charge in [0.2, 0.25) is 0 Å². The minimum absolute atomic E-state index is 0.0710. The number of carbonyl (C=O) groups excluding carboxylic acids is 1. The fourth-order valence-corrected chi connectivity index (χ4v) is 1.80. The Morgan fingerprint density at radius 1 is 1.22 bits per heavy atom. The van der Waals surface area contributed by atoms with E-state index in [-0.39, 0.29) is 5.11 Å². The molecule has 3 N–H and O–H groups in total. The summed E-state index contributed by atoms with van der Waals surface area (Å²) in [5.41, 5.74) is 8.91. The number of hydrogen-bond donors (Lipinski definition) is 2. The van der Waals surface area contributed by atoms with E-state index in [9.17, 15) is 4.79 Å². The summed E-state index contributed by atoms with van der Waals surface area (Å²) in [5, 5.41) is 3.92. The van der Waals surface area contributed by atoms with Crippen LogP contribution in [-0.4, -0.2) is 24.4 Å². The molecule has 0 fully saturated rings. The minimum Gasteiger partial charge on any atom is -0.493 e. The molecule has 0 heterocycles. The summed E-state index contributed by atoms with van der Waals surface area (Å²) < 4.78 is 10.6. The number of hydrazone groups is 1. The maximum atomic E-state index is 12.1. The SMILES string of the molecule is COc1cc(C=NNC(N)=S)ccc1OC(=O)c1ccccc1. The summed E-state index contributed by atoms with van der Waals surface area (Å²) in [6, 6.07) is 13.7. The zero-order valence-electron chi connectivity index (χ0n) is 12.4. The van der Waals surface area contributed by atoms with Gasteiger partial charge in [-0.1, -0.05) is 18.2 Å². The van der Waals surface area contributed by atoms with E-state index in [1.54, 1.807) is 42.5 Å². The normalized spacial score (nSPS) is 10.3. The van der Waals surface area contributed by atoms with Crippen LogP contribution in [0.25, 0.3) is 0 Å². The molecule has 0 aliphatic rings. The maximum absolute atomic E-state index is 12.1. The molecular formula is C16H15N3O3S. The molecule has 0 aromatic heterocycles. The lowest BCUT2D eigenvalue weighted by Crippen LogP contribution is -2.23. The third-order valence-corrected chi connectivity index (χ3v) is 2.88. The smallest absolute Gasteiger partial charge is 0.343 e. The Hall–Kier alpha value is -2.93. The topological polar surface area (TPSA) is 85.9 Å². The molecule has 7 heteroatoms. The van der Waals surface area contributed by atoms with Crippen molar-refractivity contribution in [3.8, 4) is 11.5 Å². The van der Waals surface area contributed by atoms with Crippen molar-refractivity contribution < 1.29 is 14.3 Å². The third-order valence-electron chi connectivity index (χ3n) is 2.79. The molecule has 0 amide bonds.